The van der Waals surface area contributed by atoms with Crippen LogP contribution in [0.15, 0.2) is 48.5 Å². The molecule has 154 valence electrons. The first-order valence-electron chi connectivity index (χ1n) is 9.79. The lowest BCUT2D eigenvalue weighted by Crippen LogP contribution is -2.23. The van der Waals surface area contributed by atoms with Gasteiger partial charge in [0.25, 0.3) is 0 Å². The van der Waals surface area contributed by atoms with E-state index in [1.807, 2.05) is 65.8 Å². The van der Waals surface area contributed by atoms with E-state index in [4.69, 9.17) is 9.26 Å². The maximum absolute atomic E-state index is 12.8. The Labute approximate surface area is 170 Å². The summed E-state index contributed by atoms with van der Waals surface area (Å²) in [5.41, 5.74) is 2.00. The van der Waals surface area contributed by atoms with Crippen molar-refractivity contribution < 1.29 is 13.8 Å². The third-order valence-electron chi connectivity index (χ3n) is 5.07. The van der Waals surface area contributed by atoms with Gasteiger partial charge in [-0.15, -0.1) is 0 Å². The molecule has 0 aliphatic rings. The van der Waals surface area contributed by atoms with Crippen molar-refractivity contribution >= 4 is 7.37 Å². The number of ether oxygens (including phenoxy) is 1. The summed E-state index contributed by atoms with van der Waals surface area (Å²) in [6.45, 7) is 18.1. The molecule has 0 aliphatic carbocycles. The van der Waals surface area contributed by atoms with Crippen molar-refractivity contribution in [1.29, 1.82) is 0 Å². The average molecular weight is 403 g/mol. The summed E-state index contributed by atoms with van der Waals surface area (Å²) in [6, 6.07) is 16.2. The minimum absolute atomic E-state index is 0.168. The van der Waals surface area contributed by atoms with Crippen LogP contribution in [0.1, 0.15) is 66.5 Å². The summed E-state index contributed by atoms with van der Waals surface area (Å²) in [6.07, 6.45) is 0. The van der Waals surface area contributed by atoms with Crippen molar-refractivity contribution in [3.05, 3.63) is 59.7 Å². The molecule has 0 amide bonds. The molecule has 0 saturated heterocycles. The first-order valence-corrected chi connectivity index (χ1v) is 11.9. The van der Waals surface area contributed by atoms with Crippen molar-refractivity contribution in [3.63, 3.8) is 0 Å². The molecule has 1 atom stereocenters. The number of hydrogen-bond donors (Lipinski definition) is 0. The van der Waals surface area contributed by atoms with Crippen LogP contribution in [-0.2, 0) is 9.98 Å². The maximum atomic E-state index is 12.8. The largest absolute Gasteiger partial charge is 0.488 e. The lowest BCUT2D eigenvalue weighted by Gasteiger charge is -2.29. The van der Waals surface area contributed by atoms with Crippen molar-refractivity contribution in [2.75, 3.05) is 6.66 Å². The third-order valence-corrected chi connectivity index (χ3v) is 8.07. The molecule has 0 radical (unpaired) electrons. The minimum Gasteiger partial charge on any atom is -0.488 e. The molecule has 4 heteroatoms. The molecule has 2 aromatic carbocycles. The molecular formula is C24H35O3P. The molecular weight excluding hydrogens is 367 g/mol. The predicted molar refractivity (Wildman–Crippen MR) is 119 cm³/mol. The molecule has 1 unspecified atom stereocenters. The number of benzene rings is 2. The predicted octanol–water partition coefficient (Wildman–Crippen LogP) is 7.28. The van der Waals surface area contributed by atoms with Gasteiger partial charge in [-0.2, -0.15) is 0 Å². The van der Waals surface area contributed by atoms with Crippen molar-refractivity contribution in [2.45, 2.75) is 71.6 Å². The van der Waals surface area contributed by atoms with Crippen LogP contribution in [0, 0.1) is 0 Å². The lowest BCUT2D eigenvalue weighted by molar-refractivity contribution is 0.131. The highest BCUT2D eigenvalue weighted by molar-refractivity contribution is 7.60. The maximum Gasteiger partial charge on any atom is 0.250 e. The fraction of sp³-hybridized carbons (Fsp3) is 0.500. The van der Waals surface area contributed by atoms with Crippen LogP contribution in [0.3, 0.4) is 0 Å². The Bertz CT molecular complexity index is 835. The van der Waals surface area contributed by atoms with Gasteiger partial charge in [-0.25, -0.2) is 0 Å². The molecule has 2 aromatic rings. The van der Waals surface area contributed by atoms with Gasteiger partial charge in [0.1, 0.15) is 17.1 Å². The van der Waals surface area contributed by atoms with Gasteiger partial charge in [0.2, 0.25) is 7.37 Å². The number of rotatable bonds is 5. The lowest BCUT2D eigenvalue weighted by atomic mass is 9.78. The van der Waals surface area contributed by atoms with Gasteiger partial charge in [-0.1, -0.05) is 58.9 Å². The molecule has 0 spiro atoms. The van der Waals surface area contributed by atoms with Gasteiger partial charge in [-0.05, 0) is 56.2 Å². The molecule has 2 rings (SSSR count). The second-order valence-corrected chi connectivity index (χ2v) is 13.2. The second-order valence-electron chi connectivity index (χ2n) is 10.00. The van der Waals surface area contributed by atoms with Crippen LogP contribution < -0.4 is 9.26 Å². The Hall–Kier alpha value is -1.73. The van der Waals surface area contributed by atoms with Crippen LogP contribution in [-0.4, -0.2) is 17.4 Å². The number of hydrogen-bond acceptors (Lipinski definition) is 3. The summed E-state index contributed by atoms with van der Waals surface area (Å²) in [4.78, 5) is 0. The summed E-state index contributed by atoms with van der Waals surface area (Å²) >= 11 is 0. The Morgan fingerprint density at radius 2 is 1.07 bits per heavy atom. The van der Waals surface area contributed by atoms with Crippen molar-refractivity contribution in [1.82, 2.24) is 0 Å². The summed E-state index contributed by atoms with van der Waals surface area (Å²) in [5.74, 6) is 1.52. The molecule has 28 heavy (non-hydrogen) atoms. The molecule has 0 aliphatic heterocycles. The van der Waals surface area contributed by atoms with E-state index >= 15 is 0 Å². The van der Waals surface area contributed by atoms with E-state index < -0.39 is 7.37 Å². The van der Waals surface area contributed by atoms with E-state index in [-0.39, 0.29) is 16.2 Å². The van der Waals surface area contributed by atoms with Crippen molar-refractivity contribution in [3.8, 4) is 11.5 Å². The average Bonchev–Trinajstić information content (AvgIpc) is 2.53. The second kappa shape index (κ2) is 7.59. The van der Waals surface area contributed by atoms with Gasteiger partial charge in [0.15, 0.2) is 0 Å². The van der Waals surface area contributed by atoms with Crippen LogP contribution in [0.25, 0.3) is 0 Å². The highest BCUT2D eigenvalue weighted by atomic mass is 31.2. The molecule has 0 N–H and O–H groups in total. The summed E-state index contributed by atoms with van der Waals surface area (Å²) in [5, 5.41) is -0.387. The third kappa shape index (κ3) is 5.41. The van der Waals surface area contributed by atoms with Crippen LogP contribution >= 0.6 is 7.37 Å². The molecule has 0 aromatic heterocycles. The molecule has 3 nitrogen and oxygen atoms in total. The SMILES string of the molecule is CC(C)(C)Oc1ccc(C(C)(C)c2ccc(OP(C)(=O)C(C)(C)C)cc2)cc1. The topological polar surface area (TPSA) is 35.5 Å². The zero-order chi connectivity index (χ0) is 21.4. The zero-order valence-corrected chi connectivity index (χ0v) is 19.7. The Kier molecular flexibility index (Phi) is 6.12. The van der Waals surface area contributed by atoms with Crippen LogP contribution in [0.4, 0.5) is 0 Å². The molecule has 0 heterocycles. The van der Waals surface area contributed by atoms with Crippen LogP contribution in [0.2, 0.25) is 0 Å². The summed E-state index contributed by atoms with van der Waals surface area (Å²) < 4.78 is 24.6. The fourth-order valence-electron chi connectivity index (χ4n) is 2.73. The van der Waals surface area contributed by atoms with Gasteiger partial charge in [0, 0.05) is 17.2 Å². The van der Waals surface area contributed by atoms with Crippen molar-refractivity contribution in [2.24, 2.45) is 0 Å². The molecule has 0 bridgehead atoms. The van der Waals surface area contributed by atoms with E-state index in [2.05, 4.69) is 38.1 Å². The van der Waals surface area contributed by atoms with Gasteiger partial charge in [0.05, 0.1) is 0 Å². The van der Waals surface area contributed by atoms with E-state index in [0.29, 0.717) is 5.75 Å². The van der Waals surface area contributed by atoms with E-state index in [0.717, 1.165) is 5.75 Å². The van der Waals surface area contributed by atoms with Gasteiger partial charge in [-0.3, -0.25) is 4.57 Å². The van der Waals surface area contributed by atoms with Crippen LogP contribution in [0.5, 0.6) is 11.5 Å². The Morgan fingerprint density at radius 1 is 0.679 bits per heavy atom. The highest BCUT2D eigenvalue weighted by Crippen LogP contribution is 2.55. The zero-order valence-electron chi connectivity index (χ0n) is 18.8. The van der Waals surface area contributed by atoms with E-state index in [1.165, 1.54) is 11.1 Å². The molecule has 0 saturated carbocycles. The first-order chi connectivity index (χ1) is 12.6. The highest BCUT2D eigenvalue weighted by Gasteiger charge is 2.34. The quantitative estimate of drug-likeness (QED) is 0.493. The monoisotopic (exact) mass is 402 g/mol. The normalized spacial score (nSPS) is 15.0. The van der Waals surface area contributed by atoms with Gasteiger partial charge < -0.3 is 9.26 Å². The molecule has 0 fully saturated rings. The smallest absolute Gasteiger partial charge is 0.250 e. The Morgan fingerprint density at radius 3 is 1.43 bits per heavy atom. The van der Waals surface area contributed by atoms with E-state index in [1.54, 1.807) is 6.66 Å². The fourth-order valence-corrected chi connectivity index (χ4v) is 3.53. The first kappa shape index (κ1) is 22.6. The standard InChI is InChI=1S/C24H35O3P/c1-22(2,3)26-20-14-10-18(11-15-20)24(7,8)19-12-16-21(17-13-19)27-28(9,25)23(4,5)6/h10-17H,1-9H3. The van der Waals surface area contributed by atoms with E-state index in [9.17, 15) is 4.57 Å². The minimum atomic E-state index is -2.75. The van der Waals surface area contributed by atoms with Gasteiger partial charge >= 0.3 is 0 Å². The summed E-state index contributed by atoms with van der Waals surface area (Å²) in [7, 11) is -2.75. The Balaban J connectivity index is 2.21.